The summed E-state index contributed by atoms with van der Waals surface area (Å²) in [6.07, 6.45) is 2.25. The fraction of sp³-hybridized carbons (Fsp3) is 0.250. The number of aromatic nitrogens is 2. The summed E-state index contributed by atoms with van der Waals surface area (Å²) in [5.74, 6) is 4.23. The first-order valence-corrected chi connectivity index (χ1v) is 10.3. The predicted octanol–water partition coefficient (Wildman–Crippen LogP) is 4.21. The lowest BCUT2D eigenvalue weighted by Gasteiger charge is -2.18. The predicted molar refractivity (Wildman–Crippen MR) is 111 cm³/mol. The Bertz CT molecular complexity index is 1170. The Morgan fingerprint density at radius 3 is 1.83 bits per heavy atom. The lowest BCUT2D eigenvalue weighted by Crippen LogP contribution is -2.46. The number of hydrogen-bond acceptors (Lipinski definition) is 3. The number of anilines is 2. The Hall–Kier alpha value is -3.34. The molecular weight excluding hydrogens is 362 g/mol. The number of para-hydroxylation sites is 2. The number of benzene rings is 2. The standard InChI is InChI=1S/C24H23N3O2/c1-2-3-14-25(21-12-10-17-6-4-8-19-23(17)26(21)15-28-19)22-13-11-18-7-5-9-20-24(18)27(22)16-29-20/h4-13H,2-3,14-16H2,1H3/q+2. The average molecular weight is 385 g/mol. The van der Waals surface area contributed by atoms with Crippen LogP contribution in [0, 0.1) is 0 Å². The number of nitrogens with zero attached hydrogens (tertiary/aromatic N) is 3. The van der Waals surface area contributed by atoms with E-state index >= 15 is 0 Å². The molecule has 5 nitrogen and oxygen atoms in total. The van der Waals surface area contributed by atoms with E-state index in [2.05, 4.69) is 81.6 Å². The van der Waals surface area contributed by atoms with Crippen LogP contribution in [0.2, 0.25) is 0 Å². The third kappa shape index (κ3) is 2.40. The van der Waals surface area contributed by atoms with Crippen LogP contribution in [0.15, 0.2) is 60.7 Å². The second-order valence-corrected chi connectivity index (χ2v) is 7.68. The molecule has 144 valence electrons. The summed E-state index contributed by atoms with van der Waals surface area (Å²) in [6, 6.07) is 21.3. The molecule has 0 saturated carbocycles. The zero-order valence-corrected chi connectivity index (χ0v) is 16.5. The molecule has 6 rings (SSSR count). The molecule has 4 heterocycles. The first-order chi connectivity index (χ1) is 14.3. The molecule has 0 fully saturated rings. The minimum atomic E-state index is 0.546. The first-order valence-electron chi connectivity index (χ1n) is 10.3. The van der Waals surface area contributed by atoms with Gasteiger partial charge in [0, 0.05) is 22.9 Å². The zero-order valence-electron chi connectivity index (χ0n) is 16.5. The van der Waals surface area contributed by atoms with Crippen LogP contribution in [-0.4, -0.2) is 6.54 Å². The van der Waals surface area contributed by atoms with Crippen molar-refractivity contribution in [1.29, 1.82) is 0 Å². The Kier molecular flexibility index (Phi) is 3.63. The van der Waals surface area contributed by atoms with Crippen LogP contribution < -0.4 is 23.5 Å². The summed E-state index contributed by atoms with van der Waals surface area (Å²) < 4.78 is 16.6. The molecule has 5 heteroatoms. The third-order valence-corrected chi connectivity index (χ3v) is 5.96. The van der Waals surface area contributed by atoms with Gasteiger partial charge in [-0.15, -0.1) is 0 Å². The zero-order chi connectivity index (χ0) is 19.4. The highest BCUT2D eigenvalue weighted by atomic mass is 16.5. The van der Waals surface area contributed by atoms with Gasteiger partial charge in [-0.25, -0.2) is 0 Å². The second kappa shape index (κ2) is 6.34. The van der Waals surface area contributed by atoms with Crippen LogP contribution in [0.25, 0.3) is 21.8 Å². The van der Waals surface area contributed by atoms with E-state index in [1.807, 2.05) is 0 Å². The van der Waals surface area contributed by atoms with E-state index < -0.39 is 0 Å². The molecular formula is C24H23N3O2+2. The molecule has 0 saturated heterocycles. The summed E-state index contributed by atoms with van der Waals surface area (Å²) in [7, 11) is 0. The van der Waals surface area contributed by atoms with Crippen LogP contribution in [0.4, 0.5) is 11.6 Å². The van der Waals surface area contributed by atoms with E-state index in [9.17, 15) is 0 Å². The summed E-state index contributed by atoms with van der Waals surface area (Å²) in [4.78, 5) is 2.42. The van der Waals surface area contributed by atoms with Gasteiger partial charge >= 0.3 is 0 Å². The van der Waals surface area contributed by atoms with E-state index in [1.54, 1.807) is 0 Å². The molecule has 2 aliphatic rings. The van der Waals surface area contributed by atoms with Crippen LogP contribution in [0.5, 0.6) is 11.5 Å². The molecule has 2 aromatic heterocycles. The van der Waals surface area contributed by atoms with Crippen LogP contribution in [0.1, 0.15) is 19.8 Å². The van der Waals surface area contributed by atoms with Gasteiger partial charge in [0.25, 0.3) is 11.6 Å². The number of pyridine rings is 2. The van der Waals surface area contributed by atoms with Gasteiger partial charge in [0.2, 0.25) is 13.5 Å². The smallest absolute Gasteiger partial charge is 0.288 e. The first kappa shape index (κ1) is 16.6. The molecule has 0 amide bonds. The van der Waals surface area contributed by atoms with Crippen molar-refractivity contribution in [3.05, 3.63) is 60.7 Å². The average Bonchev–Trinajstić information content (AvgIpc) is 3.39. The van der Waals surface area contributed by atoms with Gasteiger partial charge in [-0.2, -0.15) is 14.0 Å². The van der Waals surface area contributed by atoms with E-state index in [0.29, 0.717) is 13.5 Å². The Balaban J connectivity index is 1.57. The molecule has 0 atom stereocenters. The van der Waals surface area contributed by atoms with Crippen molar-refractivity contribution in [2.24, 2.45) is 0 Å². The third-order valence-electron chi connectivity index (χ3n) is 5.96. The number of ether oxygens (including phenoxy) is 2. The monoisotopic (exact) mass is 385 g/mol. The molecule has 0 N–H and O–H groups in total. The SMILES string of the molecule is CCCCN(c1ccc2cccc3c2[n+]1CO3)c1ccc2cccc3c2[n+]1CO3. The fourth-order valence-electron chi connectivity index (χ4n) is 4.56. The van der Waals surface area contributed by atoms with E-state index in [4.69, 9.17) is 9.47 Å². The quantitative estimate of drug-likeness (QED) is 0.482. The van der Waals surface area contributed by atoms with Gasteiger partial charge in [0.1, 0.15) is 0 Å². The largest absolute Gasteiger partial charge is 0.450 e. The summed E-state index contributed by atoms with van der Waals surface area (Å²) in [5, 5.41) is 2.42. The molecule has 0 spiro atoms. The van der Waals surface area contributed by atoms with Gasteiger partial charge in [-0.3, -0.25) is 0 Å². The number of hydrogen-bond donors (Lipinski definition) is 0. The summed E-state index contributed by atoms with van der Waals surface area (Å²) in [5.41, 5.74) is 2.34. The molecule has 2 aliphatic heterocycles. The highest BCUT2D eigenvalue weighted by Crippen LogP contribution is 2.33. The van der Waals surface area contributed by atoms with Crippen molar-refractivity contribution in [3.8, 4) is 11.5 Å². The lowest BCUT2D eigenvalue weighted by atomic mass is 10.2. The second-order valence-electron chi connectivity index (χ2n) is 7.68. The summed E-state index contributed by atoms with van der Waals surface area (Å²) >= 11 is 0. The molecule has 0 aliphatic carbocycles. The number of rotatable bonds is 5. The highest BCUT2D eigenvalue weighted by molar-refractivity contribution is 5.84. The van der Waals surface area contributed by atoms with Crippen LogP contribution in [0.3, 0.4) is 0 Å². The Morgan fingerprint density at radius 1 is 0.759 bits per heavy atom. The summed E-state index contributed by atoms with van der Waals surface area (Å²) in [6.45, 7) is 4.27. The van der Waals surface area contributed by atoms with Gasteiger partial charge in [-0.05, 0) is 30.7 Å². The van der Waals surface area contributed by atoms with Crippen molar-refractivity contribution in [2.45, 2.75) is 33.2 Å². The molecule has 0 bridgehead atoms. The minimum absolute atomic E-state index is 0.546. The van der Waals surface area contributed by atoms with Crippen molar-refractivity contribution < 1.29 is 18.6 Å². The maximum atomic E-state index is 5.99. The number of unbranched alkanes of at least 4 members (excludes halogenated alkanes) is 1. The molecule has 0 unspecified atom stereocenters. The van der Waals surface area contributed by atoms with Crippen molar-refractivity contribution in [1.82, 2.24) is 0 Å². The molecule has 4 aromatic rings. The fourth-order valence-corrected chi connectivity index (χ4v) is 4.56. The highest BCUT2D eigenvalue weighted by Gasteiger charge is 2.34. The minimum Gasteiger partial charge on any atom is -0.450 e. The van der Waals surface area contributed by atoms with Crippen molar-refractivity contribution in [3.63, 3.8) is 0 Å². The molecule has 0 radical (unpaired) electrons. The Morgan fingerprint density at radius 2 is 1.31 bits per heavy atom. The maximum absolute atomic E-state index is 5.99. The van der Waals surface area contributed by atoms with Crippen LogP contribution in [-0.2, 0) is 13.5 Å². The van der Waals surface area contributed by atoms with Gasteiger partial charge in [0.05, 0.1) is 6.54 Å². The van der Waals surface area contributed by atoms with Gasteiger partial charge in [-0.1, -0.05) is 37.6 Å². The van der Waals surface area contributed by atoms with Gasteiger partial charge in [0.15, 0.2) is 22.5 Å². The molecule has 2 aromatic carbocycles. The topological polar surface area (TPSA) is 29.5 Å². The van der Waals surface area contributed by atoms with Crippen LogP contribution >= 0.6 is 0 Å². The van der Waals surface area contributed by atoms with Crippen molar-refractivity contribution in [2.75, 3.05) is 11.4 Å². The van der Waals surface area contributed by atoms with Crippen molar-refractivity contribution >= 4 is 33.4 Å². The molecule has 29 heavy (non-hydrogen) atoms. The van der Waals surface area contributed by atoms with E-state index in [-0.39, 0.29) is 0 Å². The van der Waals surface area contributed by atoms with E-state index in [0.717, 1.165) is 42.5 Å². The lowest BCUT2D eigenvalue weighted by molar-refractivity contribution is -0.685. The maximum Gasteiger partial charge on any atom is 0.288 e. The normalized spacial score (nSPS) is 13.7. The van der Waals surface area contributed by atoms with E-state index in [1.165, 1.54) is 21.8 Å². The Labute approximate surface area is 169 Å². The van der Waals surface area contributed by atoms with Gasteiger partial charge < -0.3 is 9.47 Å².